The van der Waals surface area contributed by atoms with E-state index in [9.17, 15) is 0 Å². The lowest BCUT2D eigenvalue weighted by Gasteiger charge is -2.07. The molecule has 0 amide bonds. The smallest absolute Gasteiger partial charge is 0.252 e. The summed E-state index contributed by atoms with van der Waals surface area (Å²) >= 11 is 0. The van der Waals surface area contributed by atoms with Gasteiger partial charge in [-0.15, -0.1) is 10.2 Å². The van der Waals surface area contributed by atoms with Gasteiger partial charge in [-0.3, -0.25) is 4.98 Å². The Labute approximate surface area is 150 Å². The molecule has 2 aromatic heterocycles. The zero-order chi connectivity index (χ0) is 18.1. The zero-order valence-corrected chi connectivity index (χ0v) is 14.7. The maximum atomic E-state index is 5.93. The van der Waals surface area contributed by atoms with Gasteiger partial charge in [0, 0.05) is 5.39 Å². The summed E-state index contributed by atoms with van der Waals surface area (Å²) in [5.41, 5.74) is 3.25. The molecular weight excluding hydrogens is 330 g/mol. The Morgan fingerprint density at radius 1 is 0.846 bits per heavy atom. The molecule has 0 aliphatic heterocycles. The number of fused-ring (bicyclic) bond motifs is 1. The number of nitrogens with zero attached hydrogens (tertiary/aromatic N) is 3. The molecule has 26 heavy (non-hydrogen) atoms. The largest absolute Gasteiger partial charge is 0.497 e. The minimum atomic E-state index is 0.364. The fraction of sp³-hybridized carbons (Fsp3) is 0.150. The number of methoxy groups -OCH3 is 2. The summed E-state index contributed by atoms with van der Waals surface area (Å²) in [5.74, 6) is 2.10. The fourth-order valence-corrected chi connectivity index (χ4v) is 2.85. The highest BCUT2D eigenvalue weighted by atomic mass is 16.5. The lowest BCUT2D eigenvalue weighted by atomic mass is 10.1. The molecule has 0 aliphatic carbocycles. The van der Waals surface area contributed by atoms with E-state index in [1.165, 1.54) is 0 Å². The van der Waals surface area contributed by atoms with Crippen LogP contribution in [0.3, 0.4) is 0 Å². The van der Waals surface area contributed by atoms with Crippen molar-refractivity contribution in [2.24, 2.45) is 0 Å². The van der Waals surface area contributed by atoms with Crippen LogP contribution in [0.15, 0.2) is 52.9 Å². The third-order valence-corrected chi connectivity index (χ3v) is 4.21. The molecule has 0 spiro atoms. The summed E-state index contributed by atoms with van der Waals surface area (Å²) in [6.07, 6.45) is 0. The van der Waals surface area contributed by atoms with Crippen LogP contribution >= 0.6 is 0 Å². The fourth-order valence-electron chi connectivity index (χ4n) is 2.85. The van der Waals surface area contributed by atoms with Crippen molar-refractivity contribution in [2.75, 3.05) is 14.2 Å². The summed E-state index contributed by atoms with van der Waals surface area (Å²) in [7, 11) is 3.20. The molecule has 0 saturated carbocycles. The van der Waals surface area contributed by atoms with E-state index in [1.807, 2.05) is 49.4 Å². The Bertz CT molecular complexity index is 1090. The molecule has 4 rings (SSSR count). The Kier molecular flexibility index (Phi) is 4.01. The van der Waals surface area contributed by atoms with Crippen LogP contribution in [0.2, 0.25) is 0 Å². The first kappa shape index (κ1) is 16.1. The maximum absolute atomic E-state index is 5.93. The third kappa shape index (κ3) is 2.75. The van der Waals surface area contributed by atoms with Gasteiger partial charge in [0.15, 0.2) is 0 Å². The molecule has 0 fully saturated rings. The van der Waals surface area contributed by atoms with Crippen molar-refractivity contribution in [1.82, 2.24) is 15.2 Å². The first-order valence-corrected chi connectivity index (χ1v) is 8.12. The average Bonchev–Trinajstić information content (AvgIpc) is 3.16. The highest BCUT2D eigenvalue weighted by Crippen LogP contribution is 2.34. The van der Waals surface area contributed by atoms with Gasteiger partial charge >= 0.3 is 0 Å². The van der Waals surface area contributed by atoms with Crippen LogP contribution in [0.4, 0.5) is 0 Å². The Morgan fingerprint density at radius 2 is 1.62 bits per heavy atom. The molecule has 0 saturated heterocycles. The van der Waals surface area contributed by atoms with Crippen molar-refractivity contribution in [3.05, 3.63) is 54.2 Å². The number of rotatable bonds is 4. The molecule has 6 nitrogen and oxygen atoms in total. The van der Waals surface area contributed by atoms with Crippen molar-refractivity contribution < 1.29 is 13.9 Å². The minimum Gasteiger partial charge on any atom is -0.497 e. The van der Waals surface area contributed by atoms with E-state index in [4.69, 9.17) is 13.9 Å². The zero-order valence-electron chi connectivity index (χ0n) is 14.7. The second kappa shape index (κ2) is 6.48. The van der Waals surface area contributed by atoms with Crippen LogP contribution in [-0.2, 0) is 0 Å². The number of pyridine rings is 1. The highest BCUT2D eigenvalue weighted by Gasteiger charge is 2.17. The van der Waals surface area contributed by atoms with Crippen molar-refractivity contribution in [1.29, 1.82) is 0 Å². The first-order chi connectivity index (χ1) is 12.7. The van der Waals surface area contributed by atoms with Crippen LogP contribution in [0, 0.1) is 6.92 Å². The Hall–Kier alpha value is -3.41. The molecule has 0 aliphatic rings. The number of benzene rings is 2. The molecule has 0 bridgehead atoms. The molecule has 130 valence electrons. The van der Waals surface area contributed by atoms with Crippen LogP contribution in [0.1, 0.15) is 5.69 Å². The summed E-state index contributed by atoms with van der Waals surface area (Å²) in [5, 5.41) is 9.42. The minimum absolute atomic E-state index is 0.364. The summed E-state index contributed by atoms with van der Waals surface area (Å²) < 4.78 is 16.6. The molecule has 0 radical (unpaired) electrons. The second-order valence-corrected chi connectivity index (χ2v) is 5.79. The van der Waals surface area contributed by atoms with Crippen LogP contribution in [0.5, 0.6) is 11.5 Å². The van der Waals surface area contributed by atoms with E-state index < -0.39 is 0 Å². The van der Waals surface area contributed by atoms with E-state index in [2.05, 4.69) is 15.2 Å². The number of aryl methyl sites for hydroxylation is 1. The summed E-state index contributed by atoms with van der Waals surface area (Å²) in [6.45, 7) is 1.93. The molecular formula is C20H17N3O3. The monoisotopic (exact) mass is 347 g/mol. The van der Waals surface area contributed by atoms with Crippen molar-refractivity contribution >= 4 is 10.9 Å². The van der Waals surface area contributed by atoms with Crippen molar-refractivity contribution in [2.45, 2.75) is 6.92 Å². The standard InChI is InChI=1S/C20H17N3O3/c1-12-15(10-13-6-4-5-7-17(13)21-12)19-22-23-20(26-19)16-11-14(24-2)8-9-18(16)25-3/h4-11H,1-3H3. The molecule has 0 N–H and O–H groups in total. The van der Waals surface area contributed by atoms with Gasteiger partial charge < -0.3 is 13.9 Å². The van der Waals surface area contributed by atoms with Gasteiger partial charge in [0.2, 0.25) is 5.89 Å². The number of aromatic nitrogens is 3. The first-order valence-electron chi connectivity index (χ1n) is 8.12. The molecule has 2 heterocycles. The predicted molar refractivity (Wildman–Crippen MR) is 98.3 cm³/mol. The normalized spacial score (nSPS) is 10.9. The number of hydrogen-bond donors (Lipinski definition) is 0. The highest BCUT2D eigenvalue weighted by molar-refractivity contribution is 5.83. The molecule has 0 atom stereocenters. The van der Waals surface area contributed by atoms with Gasteiger partial charge in [-0.25, -0.2) is 0 Å². The molecule has 4 aromatic rings. The van der Waals surface area contributed by atoms with E-state index in [-0.39, 0.29) is 0 Å². The number of para-hydroxylation sites is 1. The van der Waals surface area contributed by atoms with E-state index in [0.717, 1.165) is 22.2 Å². The van der Waals surface area contributed by atoms with Crippen LogP contribution in [-0.4, -0.2) is 29.4 Å². The lowest BCUT2D eigenvalue weighted by Crippen LogP contribution is -1.90. The lowest BCUT2D eigenvalue weighted by molar-refractivity contribution is 0.403. The quantitative estimate of drug-likeness (QED) is 0.549. The summed E-state index contributed by atoms with van der Waals surface area (Å²) in [4.78, 5) is 4.62. The van der Waals surface area contributed by atoms with Gasteiger partial charge in [-0.05, 0) is 37.3 Å². The maximum Gasteiger partial charge on any atom is 0.252 e. The van der Waals surface area contributed by atoms with Crippen LogP contribution in [0.25, 0.3) is 33.8 Å². The Balaban J connectivity index is 1.81. The SMILES string of the molecule is COc1ccc(OC)c(-c2nnc(-c3cc4ccccc4nc3C)o2)c1. The van der Waals surface area contributed by atoms with Gasteiger partial charge in [0.25, 0.3) is 5.89 Å². The van der Waals surface area contributed by atoms with Gasteiger partial charge in [-0.1, -0.05) is 18.2 Å². The van der Waals surface area contributed by atoms with Crippen molar-refractivity contribution in [3.63, 3.8) is 0 Å². The van der Waals surface area contributed by atoms with Gasteiger partial charge in [0.05, 0.1) is 36.6 Å². The number of ether oxygens (including phenoxy) is 2. The average molecular weight is 347 g/mol. The van der Waals surface area contributed by atoms with Gasteiger partial charge in [-0.2, -0.15) is 0 Å². The van der Waals surface area contributed by atoms with E-state index >= 15 is 0 Å². The van der Waals surface area contributed by atoms with Crippen LogP contribution < -0.4 is 9.47 Å². The van der Waals surface area contributed by atoms with E-state index in [1.54, 1.807) is 20.3 Å². The molecule has 6 heteroatoms. The second-order valence-electron chi connectivity index (χ2n) is 5.79. The van der Waals surface area contributed by atoms with Crippen molar-refractivity contribution in [3.8, 4) is 34.4 Å². The number of hydrogen-bond acceptors (Lipinski definition) is 6. The summed E-state index contributed by atoms with van der Waals surface area (Å²) in [6, 6.07) is 15.4. The Morgan fingerprint density at radius 3 is 2.38 bits per heavy atom. The van der Waals surface area contributed by atoms with E-state index in [0.29, 0.717) is 28.8 Å². The molecule has 0 unspecified atom stereocenters. The van der Waals surface area contributed by atoms with Gasteiger partial charge in [0.1, 0.15) is 11.5 Å². The third-order valence-electron chi connectivity index (χ3n) is 4.21. The topological polar surface area (TPSA) is 70.3 Å². The predicted octanol–water partition coefficient (Wildman–Crippen LogP) is 4.28. The molecule has 2 aromatic carbocycles.